The number of pyridine rings is 1. The Morgan fingerprint density at radius 1 is 0.711 bits per heavy atom. The first-order chi connectivity index (χ1) is 18.0. The molecule has 0 atom stereocenters. The molecule has 0 amide bonds. The molecule has 4 rings (SSSR count). The Morgan fingerprint density at radius 2 is 1.26 bits per heavy atom. The third-order valence-electron chi connectivity index (χ3n) is 5.33. The van der Waals surface area contributed by atoms with Crippen molar-refractivity contribution in [2.45, 2.75) is 12.4 Å². The Hall–Kier alpha value is -4.48. The van der Waals surface area contributed by atoms with Crippen LogP contribution in [-0.2, 0) is 12.4 Å². The van der Waals surface area contributed by atoms with Gasteiger partial charge in [0.05, 0.1) is 31.0 Å². The Morgan fingerprint density at radius 3 is 1.82 bits per heavy atom. The van der Waals surface area contributed by atoms with Gasteiger partial charge < -0.3 is 20.1 Å². The highest BCUT2D eigenvalue weighted by atomic mass is 19.4. The van der Waals surface area contributed by atoms with Crippen LogP contribution in [0.15, 0.2) is 77.8 Å². The minimum atomic E-state index is -5.06. The van der Waals surface area contributed by atoms with Crippen molar-refractivity contribution in [3.8, 4) is 11.5 Å². The van der Waals surface area contributed by atoms with Gasteiger partial charge >= 0.3 is 12.4 Å². The van der Waals surface area contributed by atoms with Crippen LogP contribution in [-0.4, -0.2) is 25.2 Å². The number of nitrogens with one attached hydrogen (secondary N) is 2. The van der Waals surface area contributed by atoms with E-state index in [-0.39, 0.29) is 17.7 Å². The van der Waals surface area contributed by atoms with E-state index in [2.05, 4.69) is 20.6 Å². The van der Waals surface area contributed by atoms with E-state index in [1.54, 1.807) is 48.5 Å². The van der Waals surface area contributed by atoms with Gasteiger partial charge in [0.2, 0.25) is 5.96 Å². The molecular weight excluding hydrogens is 514 g/mol. The number of methoxy groups -OCH3 is 2. The van der Waals surface area contributed by atoms with E-state index in [9.17, 15) is 26.3 Å². The summed E-state index contributed by atoms with van der Waals surface area (Å²) in [7, 11) is 3.03. The van der Waals surface area contributed by atoms with E-state index < -0.39 is 34.5 Å². The van der Waals surface area contributed by atoms with Crippen LogP contribution in [0.5, 0.6) is 11.5 Å². The molecule has 1 heterocycles. The highest BCUT2D eigenvalue weighted by Gasteiger charge is 2.39. The molecule has 0 radical (unpaired) electrons. The molecule has 12 heteroatoms. The van der Waals surface area contributed by atoms with Crippen molar-refractivity contribution in [1.82, 2.24) is 4.98 Å². The minimum absolute atomic E-state index is 0.0111. The first-order valence-electron chi connectivity index (χ1n) is 11.0. The van der Waals surface area contributed by atoms with Crippen LogP contribution in [0, 0.1) is 0 Å². The number of fused-ring (bicyclic) bond motifs is 1. The normalized spacial score (nSPS) is 12.4. The van der Waals surface area contributed by atoms with E-state index in [1.807, 2.05) is 0 Å². The number of hydrogen-bond acceptors (Lipinski definition) is 4. The van der Waals surface area contributed by atoms with Crippen LogP contribution < -0.4 is 20.1 Å². The predicted molar refractivity (Wildman–Crippen MR) is 132 cm³/mol. The molecule has 0 aliphatic carbocycles. The minimum Gasteiger partial charge on any atom is -0.497 e. The van der Waals surface area contributed by atoms with E-state index in [1.165, 1.54) is 20.3 Å². The number of guanidine groups is 1. The molecule has 0 aliphatic rings. The molecule has 0 fully saturated rings. The number of nitrogens with zero attached hydrogens (tertiary/aromatic N) is 2. The summed E-state index contributed by atoms with van der Waals surface area (Å²) >= 11 is 0. The number of alkyl halides is 6. The van der Waals surface area contributed by atoms with Gasteiger partial charge in [0.15, 0.2) is 0 Å². The second-order valence-electron chi connectivity index (χ2n) is 7.92. The lowest BCUT2D eigenvalue weighted by atomic mass is 10.1. The lowest BCUT2D eigenvalue weighted by Crippen LogP contribution is -2.22. The number of ether oxygens (including phenoxy) is 2. The molecule has 0 bridgehead atoms. The molecule has 0 saturated heterocycles. The van der Waals surface area contributed by atoms with E-state index in [4.69, 9.17) is 9.47 Å². The molecule has 198 valence electrons. The first kappa shape index (κ1) is 26.6. The van der Waals surface area contributed by atoms with Crippen molar-refractivity contribution >= 4 is 33.9 Å². The Labute approximate surface area is 212 Å². The fourth-order valence-corrected chi connectivity index (χ4v) is 3.51. The smallest absolute Gasteiger partial charge is 0.433 e. The monoisotopic (exact) mass is 534 g/mol. The Balaban J connectivity index is 1.75. The summed E-state index contributed by atoms with van der Waals surface area (Å²) in [5, 5.41) is 5.50. The third kappa shape index (κ3) is 6.25. The van der Waals surface area contributed by atoms with Gasteiger partial charge in [-0.3, -0.25) is 0 Å². The number of anilines is 2. The van der Waals surface area contributed by atoms with Crippen LogP contribution in [0.2, 0.25) is 0 Å². The molecule has 3 aromatic carbocycles. The van der Waals surface area contributed by atoms with Gasteiger partial charge in [0.1, 0.15) is 17.2 Å². The maximum absolute atomic E-state index is 13.5. The summed E-state index contributed by atoms with van der Waals surface area (Å²) in [6, 6.07) is 17.0. The van der Waals surface area contributed by atoms with Crippen molar-refractivity contribution in [2.75, 3.05) is 24.9 Å². The van der Waals surface area contributed by atoms with Gasteiger partial charge in [-0.15, -0.1) is 0 Å². The van der Waals surface area contributed by atoms with E-state index in [0.29, 0.717) is 22.9 Å². The average molecular weight is 534 g/mol. The van der Waals surface area contributed by atoms with Gasteiger partial charge in [-0.05, 0) is 66.7 Å². The standard InChI is InChI=1S/C26H20F6N4O2/c1-37-18-8-3-15(4-9-18)33-24(34-16-5-10-19(38-2)11-6-16)35-17-7-12-20-21(25(27,28)29)14-23(26(30,31)32)36-22(20)13-17/h3-14H,1-2H3,(H2,33,34,35). The molecular formula is C26H20F6N4O2. The molecule has 0 unspecified atom stereocenters. The van der Waals surface area contributed by atoms with Crippen LogP contribution in [0.3, 0.4) is 0 Å². The summed E-state index contributed by atoms with van der Waals surface area (Å²) < 4.78 is 90.8. The van der Waals surface area contributed by atoms with Crippen LogP contribution in [0.25, 0.3) is 10.9 Å². The topological polar surface area (TPSA) is 67.8 Å². The first-order valence-corrected chi connectivity index (χ1v) is 11.0. The van der Waals surface area contributed by atoms with Crippen molar-refractivity contribution < 1.29 is 35.8 Å². The zero-order chi connectivity index (χ0) is 27.5. The molecule has 0 aliphatic heterocycles. The highest BCUT2D eigenvalue weighted by molar-refractivity contribution is 6.05. The summed E-state index contributed by atoms with van der Waals surface area (Å²) in [6.45, 7) is 0. The molecule has 38 heavy (non-hydrogen) atoms. The SMILES string of the molecule is COc1ccc(N=C(Nc2ccc(OC)cc2)Nc2ccc3c(C(F)(F)F)cc(C(F)(F)F)nc3c2)cc1. The number of aliphatic imine (C=N–C) groups is 1. The summed E-state index contributed by atoms with van der Waals surface area (Å²) in [4.78, 5) is 7.93. The Kier molecular flexibility index (Phi) is 7.33. The maximum atomic E-state index is 13.5. The predicted octanol–water partition coefficient (Wildman–Crippen LogP) is 7.50. The second kappa shape index (κ2) is 10.5. The van der Waals surface area contributed by atoms with Crippen LogP contribution in [0.4, 0.5) is 43.4 Å². The van der Waals surface area contributed by atoms with E-state index >= 15 is 0 Å². The van der Waals surface area contributed by atoms with E-state index in [0.717, 1.165) is 12.1 Å². The maximum Gasteiger partial charge on any atom is 0.433 e. The fraction of sp³-hybridized carbons (Fsp3) is 0.154. The zero-order valence-corrected chi connectivity index (χ0v) is 19.9. The summed E-state index contributed by atoms with van der Waals surface area (Å²) in [5.41, 5.74) is -2.31. The van der Waals surface area contributed by atoms with Gasteiger partial charge in [-0.25, -0.2) is 9.98 Å². The zero-order valence-electron chi connectivity index (χ0n) is 19.9. The van der Waals surface area contributed by atoms with Gasteiger partial charge in [-0.2, -0.15) is 26.3 Å². The van der Waals surface area contributed by atoms with Crippen LogP contribution >= 0.6 is 0 Å². The molecule has 2 N–H and O–H groups in total. The van der Waals surface area contributed by atoms with Gasteiger partial charge in [0.25, 0.3) is 0 Å². The number of rotatable bonds is 5. The fourth-order valence-electron chi connectivity index (χ4n) is 3.51. The third-order valence-corrected chi connectivity index (χ3v) is 5.33. The number of aromatic nitrogens is 1. The molecule has 0 saturated carbocycles. The quantitative estimate of drug-likeness (QED) is 0.158. The summed E-state index contributed by atoms with van der Waals surface area (Å²) in [5.74, 6) is 1.35. The number of benzene rings is 3. The van der Waals surface area contributed by atoms with Gasteiger partial charge in [-0.1, -0.05) is 6.07 Å². The molecule has 1 aromatic heterocycles. The lowest BCUT2D eigenvalue weighted by Gasteiger charge is -2.16. The lowest BCUT2D eigenvalue weighted by molar-refractivity contribution is -0.144. The summed E-state index contributed by atoms with van der Waals surface area (Å²) in [6.07, 6.45) is -10.1. The number of hydrogen-bond donors (Lipinski definition) is 2. The molecule has 4 aromatic rings. The van der Waals surface area contributed by atoms with Crippen LogP contribution in [0.1, 0.15) is 11.3 Å². The molecule has 6 nitrogen and oxygen atoms in total. The van der Waals surface area contributed by atoms with Gasteiger partial charge in [0, 0.05) is 16.8 Å². The van der Waals surface area contributed by atoms with Crippen molar-refractivity contribution in [2.24, 2.45) is 4.99 Å². The van der Waals surface area contributed by atoms with Crippen molar-refractivity contribution in [1.29, 1.82) is 0 Å². The Bertz CT molecular complexity index is 1450. The number of halogens is 6. The highest BCUT2D eigenvalue weighted by Crippen LogP contribution is 2.39. The van der Waals surface area contributed by atoms with Crippen molar-refractivity contribution in [3.05, 3.63) is 84.1 Å². The average Bonchev–Trinajstić information content (AvgIpc) is 2.87. The largest absolute Gasteiger partial charge is 0.497 e. The molecule has 0 spiro atoms. The van der Waals surface area contributed by atoms with Crippen molar-refractivity contribution in [3.63, 3.8) is 0 Å². The second-order valence-corrected chi connectivity index (χ2v) is 7.92.